The quantitative estimate of drug-likeness (QED) is 0.703. The summed E-state index contributed by atoms with van der Waals surface area (Å²) < 4.78 is 6.72. The molecule has 0 spiro atoms. The van der Waals surface area contributed by atoms with Gasteiger partial charge >= 0.3 is 0 Å². The van der Waals surface area contributed by atoms with Crippen molar-refractivity contribution in [3.05, 3.63) is 59.8 Å². The number of aromatic nitrogens is 2. The predicted octanol–water partition coefficient (Wildman–Crippen LogP) is 3.73. The molecule has 2 aromatic carbocycles. The molecule has 28 heavy (non-hydrogen) atoms. The summed E-state index contributed by atoms with van der Waals surface area (Å²) in [7, 11) is 1.60. The van der Waals surface area contributed by atoms with Gasteiger partial charge in [-0.2, -0.15) is 5.10 Å². The zero-order valence-electron chi connectivity index (χ0n) is 15.0. The third kappa shape index (κ3) is 3.44. The van der Waals surface area contributed by atoms with E-state index in [0.717, 1.165) is 16.9 Å². The first-order valence-electron chi connectivity index (χ1n) is 8.63. The molecular weight excluding hydrogens is 380 g/mol. The van der Waals surface area contributed by atoms with Crippen LogP contribution >= 0.6 is 11.6 Å². The van der Waals surface area contributed by atoms with Crippen molar-refractivity contribution >= 4 is 34.9 Å². The van der Waals surface area contributed by atoms with Gasteiger partial charge in [0.25, 0.3) is 0 Å². The summed E-state index contributed by atoms with van der Waals surface area (Å²) >= 11 is 5.97. The molecule has 1 aromatic heterocycles. The van der Waals surface area contributed by atoms with E-state index in [-0.39, 0.29) is 18.2 Å². The number of methoxy groups -OCH3 is 1. The minimum atomic E-state index is -0.755. The van der Waals surface area contributed by atoms with E-state index in [1.165, 1.54) is 0 Å². The second kappa shape index (κ2) is 7.36. The van der Waals surface area contributed by atoms with Gasteiger partial charge in [-0.25, -0.2) is 4.68 Å². The number of anilines is 2. The van der Waals surface area contributed by atoms with Crippen molar-refractivity contribution in [2.24, 2.45) is 0 Å². The van der Waals surface area contributed by atoms with Crippen LogP contribution in [0.4, 0.5) is 11.5 Å². The summed E-state index contributed by atoms with van der Waals surface area (Å²) in [5.74, 6) is 0.650. The first-order valence-corrected chi connectivity index (χ1v) is 9.01. The number of nitrogens with zero attached hydrogens (tertiary/aromatic N) is 2. The molecule has 0 fully saturated rings. The number of rotatable bonds is 4. The molecule has 142 valence electrons. The summed E-state index contributed by atoms with van der Waals surface area (Å²) in [4.78, 5) is 25.1. The fourth-order valence-corrected chi connectivity index (χ4v) is 3.34. The lowest BCUT2D eigenvalue weighted by Gasteiger charge is -2.24. The van der Waals surface area contributed by atoms with E-state index in [4.69, 9.17) is 16.3 Å². The molecule has 1 unspecified atom stereocenters. The predicted molar refractivity (Wildman–Crippen MR) is 107 cm³/mol. The number of ether oxygens (including phenoxy) is 1. The zero-order chi connectivity index (χ0) is 19.7. The van der Waals surface area contributed by atoms with Gasteiger partial charge < -0.3 is 15.4 Å². The van der Waals surface area contributed by atoms with Crippen LogP contribution in [0.25, 0.3) is 11.1 Å². The van der Waals surface area contributed by atoms with Crippen molar-refractivity contribution in [3.8, 4) is 16.9 Å². The molecule has 0 bridgehead atoms. The largest absolute Gasteiger partial charge is 0.497 e. The van der Waals surface area contributed by atoms with Crippen LogP contribution < -0.4 is 15.4 Å². The van der Waals surface area contributed by atoms with Crippen LogP contribution in [0, 0.1) is 0 Å². The first kappa shape index (κ1) is 18.1. The Hall–Kier alpha value is -3.32. The Morgan fingerprint density at radius 3 is 2.79 bits per heavy atom. The average Bonchev–Trinajstić information content (AvgIpc) is 3.11. The second-order valence-corrected chi connectivity index (χ2v) is 6.78. The van der Waals surface area contributed by atoms with E-state index in [9.17, 15) is 9.59 Å². The number of carbonyl (C=O) groups excluding carboxylic acids is 2. The fourth-order valence-electron chi connectivity index (χ4n) is 3.15. The molecule has 3 aromatic rings. The van der Waals surface area contributed by atoms with Crippen LogP contribution in [0.3, 0.4) is 0 Å². The van der Waals surface area contributed by atoms with Crippen molar-refractivity contribution < 1.29 is 14.3 Å². The molecule has 2 N–H and O–H groups in total. The molecule has 1 aliphatic heterocycles. The van der Waals surface area contributed by atoms with Crippen LogP contribution in [0.2, 0.25) is 5.02 Å². The van der Waals surface area contributed by atoms with Gasteiger partial charge in [-0.1, -0.05) is 29.8 Å². The van der Waals surface area contributed by atoms with Gasteiger partial charge in [-0.05, 0) is 35.9 Å². The number of nitrogens with one attached hydrogen (secondary N) is 2. The van der Waals surface area contributed by atoms with Crippen molar-refractivity contribution in [3.63, 3.8) is 0 Å². The Bertz CT molecular complexity index is 1050. The molecule has 1 aliphatic rings. The first-order chi connectivity index (χ1) is 13.5. The maximum absolute atomic E-state index is 12.8. The maximum atomic E-state index is 12.8. The van der Waals surface area contributed by atoms with Gasteiger partial charge in [0.05, 0.1) is 19.7 Å². The highest BCUT2D eigenvalue weighted by atomic mass is 35.5. The van der Waals surface area contributed by atoms with Gasteiger partial charge in [0.1, 0.15) is 17.6 Å². The third-order valence-electron chi connectivity index (χ3n) is 4.52. The summed E-state index contributed by atoms with van der Waals surface area (Å²) in [5, 5.41) is 10.5. The highest BCUT2D eigenvalue weighted by molar-refractivity contribution is 6.30. The van der Waals surface area contributed by atoms with E-state index in [2.05, 4.69) is 15.7 Å². The monoisotopic (exact) mass is 396 g/mol. The van der Waals surface area contributed by atoms with Gasteiger partial charge in [0.15, 0.2) is 0 Å². The number of carbonyl (C=O) groups is 2. The van der Waals surface area contributed by atoms with E-state index in [1.54, 1.807) is 42.3 Å². The van der Waals surface area contributed by atoms with Crippen molar-refractivity contribution in [1.29, 1.82) is 0 Å². The molecule has 2 amide bonds. The summed E-state index contributed by atoms with van der Waals surface area (Å²) in [6.07, 6.45) is 1.64. The van der Waals surface area contributed by atoms with E-state index in [0.29, 0.717) is 16.5 Å². The summed E-state index contributed by atoms with van der Waals surface area (Å²) in [5.41, 5.74) is 2.15. The Balaban J connectivity index is 1.65. The number of amides is 2. The zero-order valence-corrected chi connectivity index (χ0v) is 15.7. The highest BCUT2D eigenvalue weighted by Crippen LogP contribution is 2.35. The van der Waals surface area contributed by atoms with E-state index in [1.807, 2.05) is 24.3 Å². The SMILES string of the molecule is COc1ccc(-c2cnn3c2NC(=O)CC3C(=O)Nc2cccc(Cl)c2)cc1. The van der Waals surface area contributed by atoms with Crippen molar-refractivity contribution in [1.82, 2.24) is 9.78 Å². The summed E-state index contributed by atoms with van der Waals surface area (Å²) in [6, 6.07) is 13.5. The molecule has 0 saturated heterocycles. The maximum Gasteiger partial charge on any atom is 0.249 e. The van der Waals surface area contributed by atoms with Gasteiger partial charge in [-0.15, -0.1) is 0 Å². The molecule has 0 aliphatic carbocycles. The molecule has 4 rings (SSSR count). The summed E-state index contributed by atoms with van der Waals surface area (Å²) in [6.45, 7) is 0. The molecule has 7 nitrogen and oxygen atoms in total. The van der Waals surface area contributed by atoms with Crippen LogP contribution in [-0.4, -0.2) is 28.7 Å². The van der Waals surface area contributed by atoms with Crippen LogP contribution in [-0.2, 0) is 9.59 Å². The van der Waals surface area contributed by atoms with E-state index < -0.39 is 6.04 Å². The standard InChI is InChI=1S/C20H17ClN4O3/c1-28-15-7-5-12(6-8-15)16-11-22-25-17(10-18(26)24-19(16)25)20(27)23-14-4-2-3-13(21)9-14/h2-9,11,17H,10H2,1H3,(H,23,27)(H,24,26). The number of fused-ring (bicyclic) bond motifs is 1. The molecule has 8 heteroatoms. The number of halogens is 1. The lowest BCUT2D eigenvalue weighted by atomic mass is 10.1. The van der Waals surface area contributed by atoms with Gasteiger partial charge in [0.2, 0.25) is 11.8 Å². The normalized spacial score (nSPS) is 15.5. The minimum Gasteiger partial charge on any atom is -0.497 e. The van der Waals surface area contributed by atoms with Gasteiger partial charge in [-0.3, -0.25) is 9.59 Å². The molecule has 2 heterocycles. The van der Waals surface area contributed by atoms with Gasteiger partial charge in [0, 0.05) is 16.3 Å². The molecule has 0 radical (unpaired) electrons. The van der Waals surface area contributed by atoms with Crippen LogP contribution in [0.1, 0.15) is 12.5 Å². The molecule has 1 atom stereocenters. The Morgan fingerprint density at radius 1 is 1.29 bits per heavy atom. The molecular formula is C20H17ClN4O3. The van der Waals surface area contributed by atoms with Crippen LogP contribution in [0.5, 0.6) is 5.75 Å². The second-order valence-electron chi connectivity index (χ2n) is 6.35. The average molecular weight is 397 g/mol. The number of hydrogen-bond acceptors (Lipinski definition) is 4. The smallest absolute Gasteiger partial charge is 0.249 e. The van der Waals surface area contributed by atoms with Crippen molar-refractivity contribution in [2.75, 3.05) is 17.7 Å². The fraction of sp³-hybridized carbons (Fsp3) is 0.150. The number of hydrogen-bond donors (Lipinski definition) is 2. The lowest BCUT2D eigenvalue weighted by molar-refractivity contribution is -0.125. The minimum absolute atomic E-state index is 0.00311. The Kier molecular flexibility index (Phi) is 4.75. The highest BCUT2D eigenvalue weighted by Gasteiger charge is 2.33. The van der Waals surface area contributed by atoms with Crippen molar-refractivity contribution in [2.45, 2.75) is 12.5 Å². The topological polar surface area (TPSA) is 85.2 Å². The van der Waals surface area contributed by atoms with E-state index >= 15 is 0 Å². The third-order valence-corrected chi connectivity index (χ3v) is 4.76. The lowest BCUT2D eigenvalue weighted by Crippen LogP contribution is -2.35. The Labute approximate surface area is 166 Å². The number of benzene rings is 2. The Morgan fingerprint density at radius 2 is 2.07 bits per heavy atom. The molecule has 0 saturated carbocycles. The van der Waals surface area contributed by atoms with Crippen LogP contribution in [0.15, 0.2) is 54.7 Å².